The molecule has 6 nitrogen and oxygen atoms in total. The van der Waals surface area contributed by atoms with Gasteiger partial charge in [0.05, 0.1) is 17.6 Å². The normalized spacial score (nSPS) is 12.3. The maximum Gasteiger partial charge on any atom is 0.159 e. The molecule has 0 spiro atoms. The number of Topliss-reactive ketones (excluding diaryl/α,β-unsaturated/α-hetero) is 1. The number of hydrogen-bond donors (Lipinski definition) is 2. The monoisotopic (exact) mass is 340 g/mol. The molecule has 1 heterocycles. The van der Waals surface area contributed by atoms with E-state index in [2.05, 4.69) is 4.98 Å². The highest BCUT2D eigenvalue weighted by atomic mass is 16.5. The topological polar surface area (TPSA) is 84.6 Å². The number of rotatable bonds is 7. The molecule has 1 aromatic heterocycles. The number of carbonyl (C=O) groups is 1. The number of nitrogens with zero attached hydrogens (tertiary/aromatic N) is 2. The minimum absolute atomic E-state index is 0.00453. The fraction of sp³-hybridized carbons (Fsp3) is 0.263. The van der Waals surface area contributed by atoms with E-state index in [1.54, 1.807) is 28.8 Å². The van der Waals surface area contributed by atoms with Crippen molar-refractivity contribution in [2.75, 3.05) is 6.61 Å². The number of fused-ring (bicyclic) bond motifs is 1. The van der Waals surface area contributed by atoms with Crippen LogP contribution in [-0.2, 0) is 13.2 Å². The number of aromatic nitrogens is 2. The Balaban J connectivity index is 1.66. The second-order valence-electron chi connectivity index (χ2n) is 5.83. The van der Waals surface area contributed by atoms with Crippen LogP contribution in [0.1, 0.15) is 23.1 Å². The molecular formula is C19H20N2O4. The average Bonchev–Trinajstić information content (AvgIpc) is 2.98. The quantitative estimate of drug-likeness (QED) is 0.644. The van der Waals surface area contributed by atoms with E-state index in [-0.39, 0.29) is 25.5 Å². The fourth-order valence-corrected chi connectivity index (χ4v) is 2.69. The number of para-hydroxylation sites is 2. The number of imidazole rings is 1. The number of aliphatic hydroxyl groups is 2. The molecular weight excluding hydrogens is 320 g/mol. The van der Waals surface area contributed by atoms with Crippen LogP contribution in [0.3, 0.4) is 0 Å². The second kappa shape index (κ2) is 7.46. The van der Waals surface area contributed by atoms with Gasteiger partial charge in [0.2, 0.25) is 0 Å². The minimum Gasteiger partial charge on any atom is -0.491 e. The van der Waals surface area contributed by atoms with E-state index >= 15 is 0 Å². The van der Waals surface area contributed by atoms with Crippen molar-refractivity contribution in [3.05, 3.63) is 59.9 Å². The first kappa shape index (κ1) is 17.1. The number of benzene rings is 2. The van der Waals surface area contributed by atoms with Gasteiger partial charge < -0.3 is 19.5 Å². The first-order chi connectivity index (χ1) is 12.1. The summed E-state index contributed by atoms with van der Waals surface area (Å²) < 4.78 is 7.37. The summed E-state index contributed by atoms with van der Waals surface area (Å²) in [6.45, 7) is 1.67. The standard InChI is InChI=1S/C19H20N2O4/c1-13(23)14-6-8-16(9-7-14)25-12-15(24)10-21-18-5-3-2-4-17(18)20-19(21)11-22/h2-9,15,22,24H,10-12H2,1H3/t15-/m1/s1. The van der Waals surface area contributed by atoms with Crippen LogP contribution in [0.2, 0.25) is 0 Å². The molecule has 0 aliphatic heterocycles. The predicted molar refractivity (Wildman–Crippen MR) is 93.6 cm³/mol. The molecule has 3 aromatic rings. The van der Waals surface area contributed by atoms with Crippen LogP contribution in [0.5, 0.6) is 5.75 Å². The summed E-state index contributed by atoms with van der Waals surface area (Å²) in [6.07, 6.45) is -0.768. The summed E-state index contributed by atoms with van der Waals surface area (Å²) >= 11 is 0. The fourth-order valence-electron chi connectivity index (χ4n) is 2.69. The Labute approximate surface area is 145 Å². The zero-order chi connectivity index (χ0) is 17.8. The van der Waals surface area contributed by atoms with Gasteiger partial charge in [0.25, 0.3) is 0 Å². The van der Waals surface area contributed by atoms with Gasteiger partial charge in [-0.2, -0.15) is 0 Å². The van der Waals surface area contributed by atoms with Crippen LogP contribution in [0.25, 0.3) is 11.0 Å². The van der Waals surface area contributed by atoms with E-state index in [9.17, 15) is 15.0 Å². The van der Waals surface area contributed by atoms with Gasteiger partial charge in [0, 0.05) is 5.56 Å². The highest BCUT2D eigenvalue weighted by molar-refractivity contribution is 5.94. The number of ether oxygens (including phenoxy) is 1. The first-order valence-electron chi connectivity index (χ1n) is 8.05. The van der Waals surface area contributed by atoms with Crippen molar-refractivity contribution in [1.82, 2.24) is 9.55 Å². The third-order valence-corrected chi connectivity index (χ3v) is 3.97. The molecule has 0 amide bonds. The largest absolute Gasteiger partial charge is 0.491 e. The van der Waals surface area contributed by atoms with E-state index in [1.807, 2.05) is 24.3 Å². The molecule has 25 heavy (non-hydrogen) atoms. The Morgan fingerprint density at radius 2 is 1.92 bits per heavy atom. The van der Waals surface area contributed by atoms with Crippen molar-refractivity contribution < 1.29 is 19.7 Å². The average molecular weight is 340 g/mol. The van der Waals surface area contributed by atoms with E-state index in [0.29, 0.717) is 17.1 Å². The van der Waals surface area contributed by atoms with Gasteiger partial charge in [-0.05, 0) is 43.3 Å². The summed E-state index contributed by atoms with van der Waals surface area (Å²) in [6, 6.07) is 14.3. The smallest absolute Gasteiger partial charge is 0.159 e. The third-order valence-electron chi connectivity index (χ3n) is 3.97. The van der Waals surface area contributed by atoms with Gasteiger partial charge in [0.1, 0.15) is 30.9 Å². The van der Waals surface area contributed by atoms with Crippen LogP contribution < -0.4 is 4.74 Å². The molecule has 0 aliphatic rings. The van der Waals surface area contributed by atoms with Gasteiger partial charge >= 0.3 is 0 Å². The third kappa shape index (κ3) is 3.87. The Kier molecular flexibility index (Phi) is 5.11. The van der Waals surface area contributed by atoms with Crippen molar-refractivity contribution in [3.8, 4) is 5.75 Å². The lowest BCUT2D eigenvalue weighted by Crippen LogP contribution is -2.24. The molecule has 0 aliphatic carbocycles. The van der Waals surface area contributed by atoms with Crippen LogP contribution >= 0.6 is 0 Å². The van der Waals surface area contributed by atoms with Gasteiger partial charge in [-0.3, -0.25) is 4.79 Å². The van der Waals surface area contributed by atoms with Gasteiger partial charge in [-0.15, -0.1) is 0 Å². The summed E-state index contributed by atoms with van der Waals surface area (Å²) in [5, 5.41) is 19.8. The Morgan fingerprint density at radius 3 is 2.60 bits per heavy atom. The van der Waals surface area contributed by atoms with Crippen LogP contribution in [0, 0.1) is 0 Å². The molecule has 0 saturated carbocycles. The lowest BCUT2D eigenvalue weighted by atomic mass is 10.1. The van der Waals surface area contributed by atoms with Crippen LogP contribution in [0.15, 0.2) is 48.5 Å². The Morgan fingerprint density at radius 1 is 1.20 bits per heavy atom. The lowest BCUT2D eigenvalue weighted by molar-refractivity contribution is 0.0913. The van der Waals surface area contributed by atoms with Gasteiger partial charge in [-0.25, -0.2) is 4.98 Å². The summed E-state index contributed by atoms with van der Waals surface area (Å²) in [5.74, 6) is 1.09. The number of carbonyl (C=O) groups excluding carboxylic acids is 1. The number of hydrogen-bond acceptors (Lipinski definition) is 5. The van der Waals surface area contributed by atoms with Gasteiger partial charge in [-0.1, -0.05) is 12.1 Å². The summed E-state index contributed by atoms with van der Waals surface area (Å²) in [5.41, 5.74) is 2.25. The van der Waals surface area contributed by atoms with E-state index in [1.165, 1.54) is 6.92 Å². The maximum atomic E-state index is 11.3. The molecule has 6 heteroatoms. The zero-order valence-electron chi connectivity index (χ0n) is 13.9. The highest BCUT2D eigenvalue weighted by Crippen LogP contribution is 2.17. The Hall–Kier alpha value is -2.70. The second-order valence-corrected chi connectivity index (χ2v) is 5.83. The molecule has 0 saturated heterocycles. The maximum absolute atomic E-state index is 11.3. The van der Waals surface area contributed by atoms with Crippen molar-refractivity contribution in [3.63, 3.8) is 0 Å². The molecule has 1 atom stereocenters. The van der Waals surface area contributed by atoms with E-state index in [4.69, 9.17) is 4.74 Å². The predicted octanol–water partition coefficient (Wildman–Crippen LogP) is 2.17. The molecule has 0 bridgehead atoms. The molecule has 0 unspecified atom stereocenters. The molecule has 2 N–H and O–H groups in total. The zero-order valence-corrected chi connectivity index (χ0v) is 13.9. The van der Waals surface area contributed by atoms with E-state index in [0.717, 1.165) is 11.0 Å². The van der Waals surface area contributed by atoms with Crippen molar-refractivity contribution in [2.24, 2.45) is 0 Å². The van der Waals surface area contributed by atoms with Crippen molar-refractivity contribution in [1.29, 1.82) is 0 Å². The highest BCUT2D eigenvalue weighted by Gasteiger charge is 2.14. The minimum atomic E-state index is -0.768. The number of aliphatic hydroxyl groups excluding tert-OH is 2. The summed E-state index contributed by atoms with van der Waals surface area (Å²) in [4.78, 5) is 15.6. The molecule has 130 valence electrons. The van der Waals surface area contributed by atoms with E-state index < -0.39 is 6.10 Å². The van der Waals surface area contributed by atoms with Crippen LogP contribution in [0.4, 0.5) is 0 Å². The van der Waals surface area contributed by atoms with Gasteiger partial charge in [0.15, 0.2) is 5.78 Å². The SMILES string of the molecule is CC(=O)c1ccc(OC[C@H](O)Cn2c(CO)nc3ccccc32)cc1. The molecule has 0 fully saturated rings. The van der Waals surface area contributed by atoms with Crippen molar-refractivity contribution >= 4 is 16.8 Å². The first-order valence-corrected chi connectivity index (χ1v) is 8.05. The van der Waals surface area contributed by atoms with Crippen molar-refractivity contribution in [2.45, 2.75) is 26.2 Å². The Bertz CT molecular complexity index is 871. The molecule has 0 radical (unpaired) electrons. The molecule has 2 aromatic carbocycles. The molecule has 3 rings (SSSR count). The lowest BCUT2D eigenvalue weighted by Gasteiger charge is -2.15. The number of ketones is 1. The van der Waals surface area contributed by atoms with Crippen LogP contribution in [-0.4, -0.2) is 38.3 Å². The summed E-state index contributed by atoms with van der Waals surface area (Å²) in [7, 11) is 0.